The summed E-state index contributed by atoms with van der Waals surface area (Å²) in [6, 6.07) is 8.08. The van der Waals surface area contributed by atoms with E-state index in [1.807, 2.05) is 29.0 Å². The zero-order chi connectivity index (χ0) is 30.9. The van der Waals surface area contributed by atoms with Gasteiger partial charge in [-0.15, -0.1) is 22.7 Å². The van der Waals surface area contributed by atoms with Gasteiger partial charge in [-0.2, -0.15) is 8.75 Å². The number of hydrogen-bond acceptors (Lipinski definition) is 11. The molecule has 0 saturated heterocycles. The molecule has 1 aliphatic rings. The molecule has 0 radical (unpaired) electrons. The van der Waals surface area contributed by atoms with Crippen LogP contribution in [0, 0.1) is 0 Å². The summed E-state index contributed by atoms with van der Waals surface area (Å²) in [5.41, 5.74) is 3.46. The molecule has 1 aliphatic carbocycles. The first-order chi connectivity index (χ1) is 21.5. The molecule has 11 heteroatoms. The van der Waals surface area contributed by atoms with Gasteiger partial charge in [0.2, 0.25) is 0 Å². The molecule has 44 heavy (non-hydrogen) atoms. The lowest BCUT2D eigenvalue weighted by molar-refractivity contribution is -0.146. The van der Waals surface area contributed by atoms with Gasteiger partial charge in [-0.3, -0.25) is 0 Å². The molecule has 0 N–H and O–H groups in total. The minimum Gasteiger partial charge on any atom is -0.486 e. The van der Waals surface area contributed by atoms with Crippen molar-refractivity contribution in [3.8, 4) is 32.4 Å². The molecule has 0 unspecified atom stereocenters. The third kappa shape index (κ3) is 7.53. The lowest BCUT2D eigenvalue weighted by atomic mass is 9.97. The zero-order valence-electron chi connectivity index (χ0n) is 24.3. The summed E-state index contributed by atoms with van der Waals surface area (Å²) in [7, 11) is 0. The number of ether oxygens (including phenoxy) is 4. The first-order valence-electron chi connectivity index (χ1n) is 14.2. The number of carbonyl (C=O) groups is 2. The second-order valence-corrected chi connectivity index (χ2v) is 12.4. The molecule has 0 aliphatic heterocycles. The van der Waals surface area contributed by atoms with Crippen LogP contribution >= 0.6 is 34.4 Å². The average molecular weight is 649 g/mol. The third-order valence-electron chi connectivity index (χ3n) is 6.82. The predicted molar refractivity (Wildman–Crippen MR) is 176 cm³/mol. The summed E-state index contributed by atoms with van der Waals surface area (Å²) in [6.07, 6.45) is 11.4. The molecule has 1 aromatic carbocycles. The topological polar surface area (TPSA) is 96.8 Å². The predicted octanol–water partition coefficient (Wildman–Crippen LogP) is 8.53. The minimum atomic E-state index is -0.591. The van der Waals surface area contributed by atoms with Crippen LogP contribution in [0.1, 0.15) is 39.0 Å². The van der Waals surface area contributed by atoms with E-state index in [1.165, 1.54) is 18.6 Å². The Morgan fingerprint density at radius 1 is 0.955 bits per heavy atom. The van der Waals surface area contributed by atoms with Crippen LogP contribution in [-0.4, -0.2) is 40.0 Å². The molecule has 1 saturated carbocycles. The lowest BCUT2D eigenvalue weighted by Gasteiger charge is -2.27. The highest BCUT2D eigenvalue weighted by molar-refractivity contribution is 7.14. The lowest BCUT2D eigenvalue weighted by Crippen LogP contribution is -2.20. The van der Waals surface area contributed by atoms with Crippen LogP contribution in [0.15, 0.2) is 83.8 Å². The van der Waals surface area contributed by atoms with E-state index >= 15 is 0 Å². The first-order valence-corrected chi connectivity index (χ1v) is 16.7. The number of rotatable bonds is 13. The summed E-state index contributed by atoms with van der Waals surface area (Å²) in [5.74, 6) is 0.434. The maximum Gasteiger partial charge on any atom is 0.333 e. The van der Waals surface area contributed by atoms with Crippen LogP contribution in [0.5, 0.6) is 11.5 Å². The molecule has 0 bridgehead atoms. The highest BCUT2D eigenvalue weighted by Gasteiger charge is 2.30. The van der Waals surface area contributed by atoms with Crippen molar-refractivity contribution in [3.05, 3.63) is 83.8 Å². The number of thiophene rings is 2. The fourth-order valence-electron chi connectivity index (χ4n) is 4.75. The van der Waals surface area contributed by atoms with Gasteiger partial charge in [0.15, 0.2) is 11.5 Å². The summed E-state index contributed by atoms with van der Waals surface area (Å²) < 4.78 is 33.0. The zero-order valence-corrected chi connectivity index (χ0v) is 26.7. The van der Waals surface area contributed by atoms with Crippen molar-refractivity contribution in [2.24, 2.45) is 0 Å². The SMILES string of the molecule is C=C/C(=C\C=C\C(=O)OCCOC(=O)C(=C)C)Oc1c(OC2CCCCC2)c(-c2cccs2)c2nsnc2c1-c1cccs1. The molecule has 0 amide bonds. The van der Waals surface area contributed by atoms with Crippen molar-refractivity contribution >= 4 is 57.4 Å². The second kappa shape index (κ2) is 15.1. The van der Waals surface area contributed by atoms with E-state index in [0.29, 0.717) is 17.3 Å². The first kappa shape index (κ1) is 31.4. The Bertz CT molecular complexity index is 1680. The van der Waals surface area contributed by atoms with E-state index in [1.54, 1.807) is 41.7 Å². The van der Waals surface area contributed by atoms with Gasteiger partial charge in [0.1, 0.15) is 30.0 Å². The maximum absolute atomic E-state index is 12.2. The van der Waals surface area contributed by atoms with Gasteiger partial charge in [0.25, 0.3) is 0 Å². The Labute approximate surface area is 268 Å². The van der Waals surface area contributed by atoms with Crippen molar-refractivity contribution in [1.29, 1.82) is 0 Å². The van der Waals surface area contributed by atoms with Crippen molar-refractivity contribution < 1.29 is 28.5 Å². The normalized spacial score (nSPS) is 14.1. The molecule has 0 atom stereocenters. The van der Waals surface area contributed by atoms with Gasteiger partial charge in [0.05, 0.1) is 29.0 Å². The summed E-state index contributed by atoms with van der Waals surface area (Å²) >= 11 is 4.35. The van der Waals surface area contributed by atoms with Crippen LogP contribution in [0.3, 0.4) is 0 Å². The van der Waals surface area contributed by atoms with Crippen molar-refractivity contribution in [2.75, 3.05) is 13.2 Å². The Balaban J connectivity index is 1.50. The molecule has 5 rings (SSSR count). The number of benzene rings is 1. The molecule has 228 valence electrons. The van der Waals surface area contributed by atoms with Gasteiger partial charge in [-0.1, -0.05) is 37.8 Å². The van der Waals surface area contributed by atoms with E-state index in [9.17, 15) is 9.59 Å². The molecule has 0 spiro atoms. The number of aromatic nitrogens is 2. The van der Waals surface area contributed by atoms with E-state index in [2.05, 4.69) is 19.2 Å². The largest absolute Gasteiger partial charge is 0.486 e. The Morgan fingerprint density at radius 3 is 2.18 bits per heavy atom. The number of esters is 2. The van der Waals surface area contributed by atoms with Gasteiger partial charge in [-0.05, 0) is 67.7 Å². The van der Waals surface area contributed by atoms with E-state index in [-0.39, 0.29) is 24.9 Å². The van der Waals surface area contributed by atoms with Crippen LogP contribution in [0.2, 0.25) is 0 Å². The highest BCUT2D eigenvalue weighted by atomic mass is 32.1. The van der Waals surface area contributed by atoms with Gasteiger partial charge >= 0.3 is 11.9 Å². The summed E-state index contributed by atoms with van der Waals surface area (Å²) in [5, 5.41) is 4.04. The highest BCUT2D eigenvalue weighted by Crippen LogP contribution is 2.53. The van der Waals surface area contributed by atoms with Crippen LogP contribution in [0.4, 0.5) is 0 Å². The summed E-state index contributed by atoms with van der Waals surface area (Å²) in [6.45, 7) is 8.88. The van der Waals surface area contributed by atoms with E-state index < -0.39 is 11.9 Å². The second-order valence-electron chi connectivity index (χ2n) is 10.0. The average Bonchev–Trinajstić information content (AvgIpc) is 3.83. The fourth-order valence-corrected chi connectivity index (χ4v) is 6.84. The number of fused-ring (bicyclic) bond motifs is 1. The molecule has 4 aromatic rings. The van der Waals surface area contributed by atoms with Crippen molar-refractivity contribution in [1.82, 2.24) is 8.75 Å². The fraction of sp³-hybridized carbons (Fsp3) is 0.273. The Morgan fingerprint density at radius 2 is 1.59 bits per heavy atom. The number of hydrogen-bond donors (Lipinski definition) is 0. The van der Waals surface area contributed by atoms with Crippen LogP contribution < -0.4 is 9.47 Å². The van der Waals surface area contributed by atoms with Crippen LogP contribution in [0.25, 0.3) is 31.9 Å². The van der Waals surface area contributed by atoms with Crippen molar-refractivity contribution in [2.45, 2.75) is 45.1 Å². The molecular formula is C33H32N2O6S3. The smallest absolute Gasteiger partial charge is 0.333 e. The Kier molecular flexibility index (Phi) is 10.8. The molecule has 3 aromatic heterocycles. The third-order valence-corrected chi connectivity index (χ3v) is 9.12. The maximum atomic E-state index is 12.2. The quantitative estimate of drug-likeness (QED) is 0.0468. The number of allylic oxidation sites excluding steroid dienone is 3. The Hall–Kier alpha value is -4.06. The minimum absolute atomic E-state index is 0.0468. The van der Waals surface area contributed by atoms with E-state index in [0.717, 1.165) is 69.3 Å². The van der Waals surface area contributed by atoms with Gasteiger partial charge in [-0.25, -0.2) is 9.59 Å². The molecule has 8 nitrogen and oxygen atoms in total. The monoisotopic (exact) mass is 648 g/mol. The van der Waals surface area contributed by atoms with Crippen LogP contribution in [-0.2, 0) is 19.1 Å². The van der Waals surface area contributed by atoms with Crippen molar-refractivity contribution in [3.63, 3.8) is 0 Å². The number of nitrogens with zero attached hydrogens (tertiary/aromatic N) is 2. The molecule has 1 fully saturated rings. The standard InChI is InChI=1S/C33H32N2O6S3/c1-4-22(13-8-16-26(36)38-17-18-39-33(37)21(2)3)40-31-27(24-14-9-19-42-24)29-30(35-44-34-29)28(25-15-10-20-43-25)32(31)41-23-11-6-5-7-12-23/h4,8-10,13-16,19-20,23H,1-2,5-7,11-12,17-18H2,3H3/b16-8+,22-13+. The number of carbonyl (C=O) groups excluding carboxylic acids is 2. The molecular weight excluding hydrogens is 617 g/mol. The van der Waals surface area contributed by atoms with Gasteiger partial charge in [0, 0.05) is 21.4 Å². The van der Waals surface area contributed by atoms with E-state index in [4.69, 9.17) is 27.7 Å². The molecule has 3 heterocycles. The van der Waals surface area contributed by atoms with Gasteiger partial charge < -0.3 is 18.9 Å². The summed E-state index contributed by atoms with van der Waals surface area (Å²) in [4.78, 5) is 25.7.